The first-order valence-electron chi connectivity index (χ1n) is 10.9. The Hall–Kier alpha value is -3.20. The Morgan fingerprint density at radius 3 is 2.69 bits per heavy atom. The van der Waals surface area contributed by atoms with Crippen molar-refractivity contribution in [2.75, 3.05) is 25.6 Å². The number of carbonyl (C=O) groups is 1. The zero-order valence-electron chi connectivity index (χ0n) is 18.6. The molecule has 2 aromatic rings. The van der Waals surface area contributed by atoms with Crippen LogP contribution in [0.5, 0.6) is 0 Å². The highest BCUT2D eigenvalue weighted by atomic mass is 16.6. The second-order valence-corrected chi connectivity index (χ2v) is 8.29. The molecular weight excluding hydrogens is 412 g/mol. The van der Waals surface area contributed by atoms with Gasteiger partial charge in [0.15, 0.2) is 0 Å². The predicted octanol–water partition coefficient (Wildman–Crippen LogP) is 4.01. The van der Waals surface area contributed by atoms with Crippen LogP contribution in [-0.4, -0.2) is 41.0 Å². The Balaban J connectivity index is 1.91. The highest BCUT2D eigenvalue weighted by Gasteiger charge is 2.41. The van der Waals surface area contributed by atoms with Gasteiger partial charge in [0.25, 0.3) is 5.69 Å². The summed E-state index contributed by atoms with van der Waals surface area (Å²) >= 11 is 0. The number of allylic oxidation sites excluding steroid dienone is 1. The normalized spacial score (nSPS) is 18.4. The van der Waals surface area contributed by atoms with Gasteiger partial charge in [0.1, 0.15) is 12.4 Å². The lowest BCUT2D eigenvalue weighted by Crippen LogP contribution is -2.26. The van der Waals surface area contributed by atoms with Crippen LogP contribution >= 0.6 is 0 Å². The van der Waals surface area contributed by atoms with Gasteiger partial charge in [0.05, 0.1) is 28.7 Å². The molecule has 9 heteroatoms. The average molecular weight is 441 g/mol. The van der Waals surface area contributed by atoms with Gasteiger partial charge in [-0.1, -0.05) is 31.0 Å². The molecule has 0 bridgehead atoms. The van der Waals surface area contributed by atoms with Crippen LogP contribution < -0.4 is 5.32 Å². The summed E-state index contributed by atoms with van der Waals surface area (Å²) in [5, 5.41) is 20.0. The highest BCUT2D eigenvalue weighted by molar-refractivity contribution is 5.95. The van der Waals surface area contributed by atoms with Gasteiger partial charge in [-0.05, 0) is 19.8 Å². The summed E-state index contributed by atoms with van der Waals surface area (Å²) in [6.45, 7) is 2.16. The molecule has 1 aliphatic heterocycles. The van der Waals surface area contributed by atoms with Crippen molar-refractivity contribution >= 4 is 17.5 Å². The molecule has 1 atom stereocenters. The van der Waals surface area contributed by atoms with E-state index in [4.69, 9.17) is 14.6 Å². The van der Waals surface area contributed by atoms with Crippen molar-refractivity contribution in [3.8, 4) is 0 Å². The van der Waals surface area contributed by atoms with E-state index in [-0.39, 0.29) is 24.8 Å². The molecule has 1 N–H and O–H groups in total. The monoisotopic (exact) mass is 440 g/mol. The number of esters is 1. The minimum Gasteiger partial charge on any atom is -0.460 e. The number of rotatable bonds is 7. The molecular formula is C23H28N4O5. The van der Waals surface area contributed by atoms with Crippen molar-refractivity contribution in [2.24, 2.45) is 7.05 Å². The third-order valence-corrected chi connectivity index (χ3v) is 6.33. The molecule has 1 fully saturated rings. The Labute approximate surface area is 186 Å². The number of aromatic nitrogens is 2. The molecule has 32 heavy (non-hydrogen) atoms. The molecule has 2 heterocycles. The molecule has 170 valence electrons. The van der Waals surface area contributed by atoms with Crippen molar-refractivity contribution in [1.29, 1.82) is 0 Å². The number of nitro benzene ring substituents is 1. The Bertz CT molecular complexity index is 1070. The molecule has 0 spiro atoms. The summed E-state index contributed by atoms with van der Waals surface area (Å²) in [6, 6.07) is 6.60. The van der Waals surface area contributed by atoms with Gasteiger partial charge in [-0.15, -0.1) is 0 Å². The summed E-state index contributed by atoms with van der Waals surface area (Å²) in [5.41, 5.74) is 3.15. The van der Waals surface area contributed by atoms with Gasteiger partial charge < -0.3 is 14.8 Å². The smallest absolute Gasteiger partial charge is 0.336 e. The number of ether oxygens (including phenoxy) is 2. The lowest BCUT2D eigenvalue weighted by Gasteiger charge is -2.29. The number of hydrogen-bond acceptors (Lipinski definition) is 7. The molecule has 1 aromatic carbocycles. The van der Waals surface area contributed by atoms with Crippen LogP contribution in [0.15, 0.2) is 35.5 Å². The number of nitrogens with zero attached hydrogens (tertiary/aromatic N) is 3. The molecule has 1 aromatic heterocycles. The first-order valence-corrected chi connectivity index (χ1v) is 10.9. The number of methoxy groups -OCH3 is 1. The SMILES string of the molecule is COCCOC(=O)C1=C(C)Nc2c(c(C3CCCC3)nn2C)C1c1ccccc1[N+](=O)[O-]. The summed E-state index contributed by atoms with van der Waals surface area (Å²) in [4.78, 5) is 24.7. The van der Waals surface area contributed by atoms with Gasteiger partial charge in [-0.3, -0.25) is 14.8 Å². The predicted molar refractivity (Wildman–Crippen MR) is 119 cm³/mol. The number of aryl methyl sites for hydroxylation is 1. The number of anilines is 1. The van der Waals surface area contributed by atoms with Crippen LogP contribution in [0.3, 0.4) is 0 Å². The maximum atomic E-state index is 13.2. The van der Waals surface area contributed by atoms with Crippen LogP contribution in [0.4, 0.5) is 11.5 Å². The fraction of sp³-hybridized carbons (Fsp3) is 0.478. The third-order valence-electron chi connectivity index (χ3n) is 6.33. The Morgan fingerprint density at radius 2 is 2.00 bits per heavy atom. The molecule has 0 amide bonds. The highest BCUT2D eigenvalue weighted by Crippen LogP contribution is 2.49. The topological polar surface area (TPSA) is 109 Å². The van der Waals surface area contributed by atoms with Gasteiger partial charge >= 0.3 is 5.97 Å². The van der Waals surface area contributed by atoms with E-state index in [0.717, 1.165) is 42.8 Å². The van der Waals surface area contributed by atoms with E-state index >= 15 is 0 Å². The van der Waals surface area contributed by atoms with Crippen LogP contribution in [0.1, 0.15) is 61.3 Å². The Morgan fingerprint density at radius 1 is 1.28 bits per heavy atom. The van der Waals surface area contributed by atoms with E-state index in [1.54, 1.807) is 29.8 Å². The molecule has 9 nitrogen and oxygen atoms in total. The van der Waals surface area contributed by atoms with Gasteiger partial charge in [0, 0.05) is 43.0 Å². The molecule has 1 aliphatic carbocycles. The van der Waals surface area contributed by atoms with Crippen LogP contribution in [0, 0.1) is 10.1 Å². The summed E-state index contributed by atoms with van der Waals surface area (Å²) in [7, 11) is 3.39. The summed E-state index contributed by atoms with van der Waals surface area (Å²) in [5.74, 6) is -0.128. The fourth-order valence-corrected chi connectivity index (χ4v) is 4.88. The summed E-state index contributed by atoms with van der Waals surface area (Å²) in [6.07, 6.45) is 4.29. The van der Waals surface area contributed by atoms with Crippen LogP contribution in [-0.2, 0) is 21.3 Å². The first kappa shape index (κ1) is 22.0. The summed E-state index contributed by atoms with van der Waals surface area (Å²) < 4.78 is 12.3. The Kier molecular flexibility index (Phi) is 6.27. The van der Waals surface area contributed by atoms with Crippen LogP contribution in [0.2, 0.25) is 0 Å². The maximum absolute atomic E-state index is 13.2. The van der Waals surface area contributed by atoms with Crippen molar-refractivity contribution < 1.29 is 19.2 Å². The quantitative estimate of drug-likeness (QED) is 0.300. The van der Waals surface area contributed by atoms with Crippen molar-refractivity contribution in [2.45, 2.75) is 44.4 Å². The number of benzene rings is 1. The number of para-hydroxylation sites is 1. The van der Waals surface area contributed by atoms with Crippen molar-refractivity contribution in [3.05, 3.63) is 62.5 Å². The van der Waals surface area contributed by atoms with Crippen LogP contribution in [0.25, 0.3) is 0 Å². The zero-order valence-corrected chi connectivity index (χ0v) is 18.6. The number of hydrogen-bond donors (Lipinski definition) is 1. The van der Waals surface area contributed by atoms with Crippen molar-refractivity contribution in [1.82, 2.24) is 9.78 Å². The average Bonchev–Trinajstić information content (AvgIpc) is 3.41. The molecule has 1 saturated carbocycles. The van der Waals surface area contributed by atoms with E-state index in [2.05, 4.69) is 5.32 Å². The largest absolute Gasteiger partial charge is 0.460 e. The number of nitrogens with one attached hydrogen (secondary N) is 1. The molecule has 0 saturated heterocycles. The van der Waals surface area contributed by atoms with E-state index in [0.29, 0.717) is 16.8 Å². The van der Waals surface area contributed by atoms with Crippen molar-refractivity contribution in [3.63, 3.8) is 0 Å². The standard InChI is InChI=1S/C23H28N4O5/c1-14-18(23(28)32-13-12-31-3)19(16-10-6-7-11-17(16)27(29)30)20-21(15-8-4-5-9-15)25-26(2)22(20)24-14/h6-7,10-11,15,19,24H,4-5,8-9,12-13H2,1-3H3. The second-order valence-electron chi connectivity index (χ2n) is 8.29. The number of fused-ring (bicyclic) bond motifs is 1. The van der Waals surface area contributed by atoms with Gasteiger partial charge in [0.2, 0.25) is 0 Å². The number of carbonyl (C=O) groups excluding carboxylic acids is 1. The van der Waals surface area contributed by atoms with Gasteiger partial charge in [-0.2, -0.15) is 5.10 Å². The lowest BCUT2D eigenvalue weighted by molar-refractivity contribution is -0.385. The molecule has 4 rings (SSSR count). The van der Waals surface area contributed by atoms with E-state index in [1.807, 2.05) is 7.05 Å². The van der Waals surface area contributed by atoms with E-state index in [1.165, 1.54) is 13.2 Å². The first-order chi connectivity index (χ1) is 15.4. The van der Waals surface area contributed by atoms with E-state index < -0.39 is 16.8 Å². The van der Waals surface area contributed by atoms with E-state index in [9.17, 15) is 14.9 Å². The third kappa shape index (κ3) is 3.88. The number of nitro groups is 1. The lowest BCUT2D eigenvalue weighted by atomic mass is 9.79. The second kappa shape index (κ2) is 9.12. The molecule has 2 aliphatic rings. The molecule has 0 radical (unpaired) electrons. The minimum atomic E-state index is -0.646. The fourth-order valence-electron chi connectivity index (χ4n) is 4.88. The zero-order chi connectivity index (χ0) is 22.8. The molecule has 1 unspecified atom stereocenters. The minimum absolute atomic E-state index is 0.0263. The maximum Gasteiger partial charge on any atom is 0.336 e. The van der Waals surface area contributed by atoms with Gasteiger partial charge in [-0.25, -0.2) is 4.79 Å².